The first-order chi connectivity index (χ1) is 12.2. The lowest BCUT2D eigenvalue weighted by Crippen LogP contribution is -2.48. The molecule has 1 aromatic rings. The Balaban J connectivity index is 1.62. The van der Waals surface area contributed by atoms with Crippen molar-refractivity contribution in [2.75, 3.05) is 74.9 Å². The van der Waals surface area contributed by atoms with E-state index in [9.17, 15) is 0 Å². The Morgan fingerprint density at radius 1 is 0.960 bits per heavy atom. The second kappa shape index (κ2) is 7.27. The van der Waals surface area contributed by atoms with Gasteiger partial charge in [-0.2, -0.15) is 15.0 Å². The fraction of sp³-hybridized carbons (Fsp3) is 0.812. The van der Waals surface area contributed by atoms with Crippen molar-refractivity contribution in [2.24, 2.45) is 0 Å². The maximum Gasteiger partial charge on any atom is 0.232 e. The second-order valence-electron chi connectivity index (χ2n) is 7.28. The minimum Gasteiger partial charge on any atom is -0.368 e. The van der Waals surface area contributed by atoms with Gasteiger partial charge in [-0.1, -0.05) is 0 Å². The van der Waals surface area contributed by atoms with Gasteiger partial charge in [0.1, 0.15) is 0 Å². The van der Waals surface area contributed by atoms with Gasteiger partial charge in [0.15, 0.2) is 0 Å². The van der Waals surface area contributed by atoms with Gasteiger partial charge in [-0.15, -0.1) is 0 Å². The molecule has 3 aliphatic heterocycles. The molecule has 4 rings (SSSR count). The van der Waals surface area contributed by atoms with Crippen LogP contribution in [0.1, 0.15) is 12.8 Å². The van der Waals surface area contributed by atoms with Gasteiger partial charge in [0.2, 0.25) is 17.8 Å². The summed E-state index contributed by atoms with van der Waals surface area (Å²) in [5, 5.41) is 6.93. The summed E-state index contributed by atoms with van der Waals surface area (Å²) >= 11 is 0. The molecule has 3 aliphatic rings. The Hall–Kier alpha value is -1.71. The Morgan fingerprint density at radius 2 is 1.60 bits per heavy atom. The van der Waals surface area contributed by atoms with Gasteiger partial charge in [-0.3, -0.25) is 0 Å². The molecule has 3 fully saturated rings. The highest BCUT2D eigenvalue weighted by atomic mass is 15.4. The summed E-state index contributed by atoms with van der Waals surface area (Å²) in [5.74, 6) is 1.78. The lowest BCUT2D eigenvalue weighted by Gasteiger charge is -2.35. The number of hydrogen-bond acceptors (Lipinski definition) is 9. The third-order valence-corrected chi connectivity index (χ3v) is 5.50. The Morgan fingerprint density at radius 3 is 2.16 bits per heavy atom. The third-order valence-electron chi connectivity index (χ3n) is 5.50. The molecule has 0 saturated carbocycles. The average molecular weight is 347 g/mol. The van der Waals surface area contributed by atoms with Crippen LogP contribution in [-0.4, -0.2) is 91.3 Å². The third kappa shape index (κ3) is 3.63. The van der Waals surface area contributed by atoms with Crippen LogP contribution in [0.3, 0.4) is 0 Å². The average Bonchev–Trinajstić information content (AvgIpc) is 3.30. The van der Waals surface area contributed by atoms with Crippen molar-refractivity contribution in [3.05, 3.63) is 0 Å². The minimum absolute atomic E-state index is 0.320. The van der Waals surface area contributed by atoms with Crippen LogP contribution >= 0.6 is 0 Å². The molecule has 4 heterocycles. The van der Waals surface area contributed by atoms with Crippen molar-refractivity contribution < 1.29 is 0 Å². The van der Waals surface area contributed by atoms with E-state index in [1.807, 2.05) is 0 Å². The van der Waals surface area contributed by atoms with Crippen LogP contribution in [0.5, 0.6) is 0 Å². The predicted molar refractivity (Wildman–Crippen MR) is 99.0 cm³/mol. The van der Waals surface area contributed by atoms with E-state index in [0.717, 1.165) is 77.1 Å². The van der Waals surface area contributed by atoms with Crippen LogP contribution in [0.2, 0.25) is 0 Å². The molecule has 0 bridgehead atoms. The van der Waals surface area contributed by atoms with Gasteiger partial charge in [-0.25, -0.2) is 0 Å². The van der Waals surface area contributed by atoms with Gasteiger partial charge in [-0.05, 0) is 33.0 Å². The van der Waals surface area contributed by atoms with Gasteiger partial charge >= 0.3 is 0 Å². The quantitative estimate of drug-likeness (QED) is 0.616. The highest BCUT2D eigenvalue weighted by molar-refractivity contribution is 5.46. The molecule has 9 nitrogen and oxygen atoms in total. The van der Waals surface area contributed by atoms with E-state index < -0.39 is 0 Å². The molecule has 3 saturated heterocycles. The number of aromatic nitrogens is 3. The molecule has 0 aliphatic carbocycles. The zero-order valence-electron chi connectivity index (χ0n) is 15.0. The van der Waals surface area contributed by atoms with E-state index in [1.54, 1.807) is 0 Å². The zero-order valence-corrected chi connectivity index (χ0v) is 15.0. The molecule has 0 amide bonds. The highest BCUT2D eigenvalue weighted by Crippen LogP contribution is 2.25. The minimum atomic E-state index is 0.320. The fourth-order valence-corrected chi connectivity index (χ4v) is 4.01. The van der Waals surface area contributed by atoms with Crippen LogP contribution in [0, 0.1) is 0 Å². The Labute approximate surface area is 149 Å². The number of nitrogens with two attached hydrogens (primary N) is 1. The van der Waals surface area contributed by atoms with Gasteiger partial charge in [0.05, 0.1) is 0 Å². The maximum atomic E-state index is 6.07. The summed E-state index contributed by atoms with van der Waals surface area (Å²) in [5.41, 5.74) is 6.07. The molecule has 0 radical (unpaired) electrons. The fourth-order valence-electron chi connectivity index (χ4n) is 4.01. The number of anilines is 3. The second-order valence-corrected chi connectivity index (χ2v) is 7.28. The molecule has 4 N–H and O–H groups in total. The highest BCUT2D eigenvalue weighted by Gasteiger charge is 2.33. The van der Waals surface area contributed by atoms with E-state index in [0.29, 0.717) is 18.0 Å². The number of rotatable bonds is 4. The van der Waals surface area contributed by atoms with Crippen molar-refractivity contribution in [2.45, 2.75) is 24.9 Å². The van der Waals surface area contributed by atoms with Crippen molar-refractivity contribution in [1.29, 1.82) is 0 Å². The van der Waals surface area contributed by atoms with Crippen LogP contribution < -0.4 is 26.2 Å². The summed E-state index contributed by atoms with van der Waals surface area (Å²) < 4.78 is 0. The molecule has 25 heavy (non-hydrogen) atoms. The van der Waals surface area contributed by atoms with E-state index in [4.69, 9.17) is 10.7 Å². The van der Waals surface area contributed by atoms with Gasteiger partial charge in [0, 0.05) is 51.4 Å². The number of nitrogens with one attached hydrogen (secondary N) is 2. The number of nitrogen functional groups attached to an aromatic ring is 1. The molecule has 0 spiro atoms. The number of nitrogens with zero attached hydrogens (tertiary/aromatic N) is 6. The molecule has 9 heteroatoms. The Bertz CT molecular complexity index is 559. The zero-order chi connectivity index (χ0) is 17.2. The van der Waals surface area contributed by atoms with Crippen LogP contribution in [0.25, 0.3) is 0 Å². The monoisotopic (exact) mass is 347 g/mol. The lowest BCUT2D eigenvalue weighted by atomic mass is 10.1. The lowest BCUT2D eigenvalue weighted by molar-refractivity contribution is 0.311. The van der Waals surface area contributed by atoms with Crippen molar-refractivity contribution >= 4 is 17.8 Å². The molecule has 0 aromatic carbocycles. The maximum absolute atomic E-state index is 6.07. The molecule has 1 aromatic heterocycles. The standard InChI is InChI=1S/C16H29N9/c1-23-6-8-24(9-7-23)15-20-14(17)21-16(22-15)25(12-2-4-18-10-12)13-3-5-19-11-13/h12-13,18-19H,2-11H2,1H3,(H2,17,20,21,22)/t12-,13?/m1/s1. The number of piperazine rings is 1. The van der Waals surface area contributed by atoms with Crippen LogP contribution in [0.15, 0.2) is 0 Å². The summed E-state index contributed by atoms with van der Waals surface area (Å²) in [6.07, 6.45) is 2.23. The first-order valence-corrected chi connectivity index (χ1v) is 9.35. The smallest absolute Gasteiger partial charge is 0.232 e. The molecule has 138 valence electrons. The Kier molecular flexibility index (Phi) is 4.87. The topological polar surface area (TPSA) is 98.5 Å². The normalized spacial score (nSPS) is 27.8. The molecule has 2 atom stereocenters. The summed E-state index contributed by atoms with van der Waals surface area (Å²) in [7, 11) is 2.15. The number of likely N-dealkylation sites (N-methyl/N-ethyl adjacent to an activating group) is 1. The molecular formula is C16H29N9. The SMILES string of the molecule is CN1CCN(c2nc(N)nc(N(C3CCNC3)[C@@H]3CCNC3)n2)CC1. The van der Waals surface area contributed by atoms with Crippen LogP contribution in [-0.2, 0) is 0 Å². The van der Waals surface area contributed by atoms with Gasteiger partial charge < -0.3 is 31.1 Å². The van der Waals surface area contributed by atoms with E-state index in [-0.39, 0.29) is 0 Å². The summed E-state index contributed by atoms with van der Waals surface area (Å²) in [6, 6.07) is 0.846. The van der Waals surface area contributed by atoms with Gasteiger partial charge in [0.25, 0.3) is 0 Å². The number of hydrogen-bond donors (Lipinski definition) is 3. The first-order valence-electron chi connectivity index (χ1n) is 9.35. The summed E-state index contributed by atoms with van der Waals surface area (Å²) in [4.78, 5) is 20.7. The van der Waals surface area contributed by atoms with E-state index in [2.05, 4.69) is 42.3 Å². The van der Waals surface area contributed by atoms with Crippen LogP contribution in [0.4, 0.5) is 17.8 Å². The van der Waals surface area contributed by atoms with Crippen molar-refractivity contribution in [3.8, 4) is 0 Å². The van der Waals surface area contributed by atoms with E-state index in [1.165, 1.54) is 0 Å². The molecule has 1 unspecified atom stereocenters. The van der Waals surface area contributed by atoms with Crippen molar-refractivity contribution in [3.63, 3.8) is 0 Å². The van der Waals surface area contributed by atoms with Crippen molar-refractivity contribution in [1.82, 2.24) is 30.5 Å². The molecular weight excluding hydrogens is 318 g/mol. The predicted octanol–water partition coefficient (Wildman–Crippen LogP) is -1.26. The largest absolute Gasteiger partial charge is 0.368 e. The first kappa shape index (κ1) is 16.7. The van der Waals surface area contributed by atoms with E-state index >= 15 is 0 Å². The summed E-state index contributed by atoms with van der Waals surface area (Å²) in [6.45, 7) is 7.94.